The SMILES string of the molecule is C=Cc1cc(C2=NCCN2C(C)C)ccc1CCc1cc(C)cc(CCc2ccc(C3=NCCN3C(C)C)cc2C=C)c1. The summed E-state index contributed by atoms with van der Waals surface area (Å²) in [7, 11) is 0. The molecule has 0 fully saturated rings. The molecular formula is C39H48N4. The van der Waals surface area contributed by atoms with Crippen LogP contribution >= 0.6 is 0 Å². The molecule has 2 aliphatic rings. The molecule has 3 aromatic rings. The van der Waals surface area contributed by atoms with Crippen LogP contribution in [0.25, 0.3) is 12.2 Å². The second-order valence-corrected chi connectivity index (χ2v) is 12.5. The van der Waals surface area contributed by atoms with E-state index in [0.29, 0.717) is 12.1 Å². The van der Waals surface area contributed by atoms with Crippen LogP contribution in [-0.4, -0.2) is 59.7 Å². The van der Waals surface area contributed by atoms with Crippen LogP contribution < -0.4 is 0 Å². The Labute approximate surface area is 259 Å². The van der Waals surface area contributed by atoms with Gasteiger partial charge in [0.05, 0.1) is 13.1 Å². The summed E-state index contributed by atoms with van der Waals surface area (Å²) in [5, 5.41) is 0. The van der Waals surface area contributed by atoms with E-state index in [9.17, 15) is 0 Å². The molecular weight excluding hydrogens is 524 g/mol. The van der Waals surface area contributed by atoms with Crippen molar-refractivity contribution >= 4 is 23.8 Å². The van der Waals surface area contributed by atoms with Crippen molar-refractivity contribution in [2.75, 3.05) is 26.2 Å². The van der Waals surface area contributed by atoms with Gasteiger partial charge in [-0.3, -0.25) is 9.98 Å². The van der Waals surface area contributed by atoms with Crippen molar-refractivity contribution < 1.29 is 0 Å². The molecule has 0 saturated heterocycles. The fraction of sp³-hybridized carbons (Fsp3) is 0.385. The molecule has 43 heavy (non-hydrogen) atoms. The minimum atomic E-state index is 0.453. The van der Waals surface area contributed by atoms with Gasteiger partial charge in [0.15, 0.2) is 0 Å². The maximum Gasteiger partial charge on any atom is 0.131 e. The highest BCUT2D eigenvalue weighted by Crippen LogP contribution is 2.23. The van der Waals surface area contributed by atoms with Crippen LogP contribution in [0.1, 0.15) is 77.8 Å². The lowest BCUT2D eigenvalue weighted by atomic mass is 9.93. The Hall–Kier alpha value is -3.92. The Bertz CT molecular complexity index is 1430. The van der Waals surface area contributed by atoms with E-state index in [4.69, 9.17) is 9.98 Å². The predicted octanol–water partition coefficient (Wildman–Crippen LogP) is 7.79. The summed E-state index contributed by atoms with van der Waals surface area (Å²) in [5.41, 5.74) is 11.6. The quantitative estimate of drug-likeness (QED) is 0.222. The fourth-order valence-electron chi connectivity index (χ4n) is 6.54. The van der Waals surface area contributed by atoms with Crippen LogP contribution in [0, 0.1) is 6.92 Å². The van der Waals surface area contributed by atoms with Gasteiger partial charge in [-0.2, -0.15) is 0 Å². The molecule has 2 heterocycles. The van der Waals surface area contributed by atoms with E-state index in [1.807, 2.05) is 12.2 Å². The first-order chi connectivity index (χ1) is 20.8. The molecule has 0 spiro atoms. The van der Waals surface area contributed by atoms with Crippen LogP contribution in [0.3, 0.4) is 0 Å². The average molecular weight is 573 g/mol. The zero-order valence-electron chi connectivity index (χ0n) is 26.9. The van der Waals surface area contributed by atoms with Crippen molar-refractivity contribution in [3.63, 3.8) is 0 Å². The van der Waals surface area contributed by atoms with Crippen molar-refractivity contribution in [2.24, 2.45) is 9.98 Å². The zero-order chi connectivity index (χ0) is 30.5. The first-order valence-electron chi connectivity index (χ1n) is 16.0. The Morgan fingerprint density at radius 2 is 1.09 bits per heavy atom. The molecule has 224 valence electrons. The summed E-state index contributed by atoms with van der Waals surface area (Å²) in [5.74, 6) is 2.24. The molecule has 0 saturated carbocycles. The molecule has 0 N–H and O–H groups in total. The molecule has 0 amide bonds. The molecule has 4 heteroatoms. The van der Waals surface area contributed by atoms with Gasteiger partial charge in [-0.25, -0.2) is 0 Å². The van der Waals surface area contributed by atoms with Crippen LogP contribution in [0.2, 0.25) is 0 Å². The summed E-state index contributed by atoms with van der Waals surface area (Å²) < 4.78 is 0. The molecule has 4 nitrogen and oxygen atoms in total. The number of aliphatic imine (C=N–C) groups is 2. The zero-order valence-corrected chi connectivity index (χ0v) is 26.9. The molecule has 0 aliphatic carbocycles. The number of aryl methyl sites for hydroxylation is 5. The minimum absolute atomic E-state index is 0.453. The average Bonchev–Trinajstić information content (AvgIpc) is 3.70. The minimum Gasteiger partial charge on any atom is -0.352 e. The lowest BCUT2D eigenvalue weighted by Crippen LogP contribution is -2.34. The highest BCUT2D eigenvalue weighted by molar-refractivity contribution is 6.01. The molecule has 2 aliphatic heterocycles. The van der Waals surface area contributed by atoms with Gasteiger partial charge in [0.25, 0.3) is 0 Å². The fourth-order valence-corrected chi connectivity index (χ4v) is 6.54. The standard InChI is InChI=1S/C39H48N4/c1-8-32-25-36(38-40-18-20-42(38)27(3)4)16-14-34(32)12-10-30-22-29(7)23-31(24-30)11-13-35-15-17-37(26-33(35)9-2)39-41-19-21-43(39)28(5)6/h8-9,14-17,22-28H,1-2,10-13,18-21H2,3-7H3. The molecule has 0 aromatic heterocycles. The highest BCUT2D eigenvalue weighted by Gasteiger charge is 2.22. The lowest BCUT2D eigenvalue weighted by molar-refractivity contribution is 0.381. The van der Waals surface area contributed by atoms with Crippen molar-refractivity contribution in [1.82, 2.24) is 9.80 Å². The molecule has 0 bridgehead atoms. The number of benzene rings is 3. The van der Waals surface area contributed by atoms with Gasteiger partial charge >= 0.3 is 0 Å². The summed E-state index contributed by atoms with van der Waals surface area (Å²) >= 11 is 0. The van der Waals surface area contributed by atoms with Crippen LogP contribution in [0.4, 0.5) is 0 Å². The first kappa shape index (κ1) is 30.5. The molecule has 3 aromatic carbocycles. The van der Waals surface area contributed by atoms with E-state index < -0.39 is 0 Å². The topological polar surface area (TPSA) is 31.2 Å². The van der Waals surface area contributed by atoms with E-state index >= 15 is 0 Å². The van der Waals surface area contributed by atoms with Crippen LogP contribution in [0.5, 0.6) is 0 Å². The van der Waals surface area contributed by atoms with Gasteiger partial charge in [0.1, 0.15) is 11.7 Å². The smallest absolute Gasteiger partial charge is 0.131 e. The number of nitrogens with zero attached hydrogens (tertiary/aromatic N) is 4. The number of hydrogen-bond donors (Lipinski definition) is 0. The summed E-state index contributed by atoms with van der Waals surface area (Å²) in [6.45, 7) is 23.2. The lowest BCUT2D eigenvalue weighted by Gasteiger charge is -2.25. The second-order valence-electron chi connectivity index (χ2n) is 12.5. The largest absolute Gasteiger partial charge is 0.352 e. The highest BCUT2D eigenvalue weighted by atomic mass is 15.3. The molecule has 0 unspecified atom stereocenters. The Morgan fingerprint density at radius 1 is 0.651 bits per heavy atom. The van der Waals surface area contributed by atoms with Gasteiger partial charge in [-0.05, 0) is 106 Å². The molecule has 0 atom stereocenters. The predicted molar refractivity (Wildman–Crippen MR) is 186 cm³/mol. The Kier molecular flexibility index (Phi) is 9.65. The van der Waals surface area contributed by atoms with E-state index in [2.05, 4.69) is 112 Å². The van der Waals surface area contributed by atoms with Crippen molar-refractivity contribution in [3.05, 3.63) is 118 Å². The first-order valence-corrected chi connectivity index (χ1v) is 16.0. The van der Waals surface area contributed by atoms with E-state index in [-0.39, 0.29) is 0 Å². The number of amidine groups is 2. The number of hydrogen-bond acceptors (Lipinski definition) is 4. The van der Waals surface area contributed by atoms with E-state index in [0.717, 1.165) is 63.5 Å². The monoisotopic (exact) mass is 572 g/mol. The Morgan fingerprint density at radius 3 is 1.49 bits per heavy atom. The van der Waals surface area contributed by atoms with Crippen molar-refractivity contribution in [2.45, 2.75) is 72.4 Å². The van der Waals surface area contributed by atoms with Crippen LogP contribution in [-0.2, 0) is 25.7 Å². The Balaban J connectivity index is 1.26. The third-order valence-electron chi connectivity index (χ3n) is 8.81. The normalized spacial score (nSPS) is 15.0. The van der Waals surface area contributed by atoms with E-state index in [1.165, 1.54) is 50.1 Å². The molecule has 0 radical (unpaired) electrons. The van der Waals surface area contributed by atoms with Crippen LogP contribution in [0.15, 0.2) is 77.7 Å². The number of rotatable bonds is 12. The van der Waals surface area contributed by atoms with Gasteiger partial charge in [-0.1, -0.05) is 73.3 Å². The van der Waals surface area contributed by atoms with Gasteiger partial charge in [0.2, 0.25) is 0 Å². The van der Waals surface area contributed by atoms with Gasteiger partial charge in [-0.15, -0.1) is 0 Å². The van der Waals surface area contributed by atoms with E-state index in [1.54, 1.807) is 0 Å². The summed E-state index contributed by atoms with van der Waals surface area (Å²) in [6, 6.07) is 21.6. The second kappa shape index (κ2) is 13.6. The maximum atomic E-state index is 4.80. The summed E-state index contributed by atoms with van der Waals surface area (Å²) in [6.07, 6.45) is 7.99. The third kappa shape index (κ3) is 7.01. The van der Waals surface area contributed by atoms with Gasteiger partial charge < -0.3 is 9.80 Å². The van der Waals surface area contributed by atoms with Crippen molar-refractivity contribution in [3.8, 4) is 0 Å². The third-order valence-corrected chi connectivity index (χ3v) is 8.81. The maximum absolute atomic E-state index is 4.80. The summed E-state index contributed by atoms with van der Waals surface area (Å²) in [4.78, 5) is 14.4. The molecule has 5 rings (SSSR count). The van der Waals surface area contributed by atoms with Gasteiger partial charge in [0, 0.05) is 36.3 Å². The van der Waals surface area contributed by atoms with Crippen molar-refractivity contribution in [1.29, 1.82) is 0 Å².